The molecule has 1 aromatic rings. The van der Waals surface area contributed by atoms with Crippen LogP contribution in [-0.2, 0) is 0 Å². The van der Waals surface area contributed by atoms with Crippen LogP contribution in [0.2, 0.25) is 0 Å². The summed E-state index contributed by atoms with van der Waals surface area (Å²) in [5, 5.41) is 12.4. The molecule has 4 nitrogen and oxygen atoms in total. The summed E-state index contributed by atoms with van der Waals surface area (Å²) in [6, 6.07) is 7.20. The number of hydrogen-bond donors (Lipinski definition) is 2. The van der Waals surface area contributed by atoms with Gasteiger partial charge < -0.3 is 15.2 Å². The van der Waals surface area contributed by atoms with Gasteiger partial charge in [-0.15, -0.1) is 0 Å². The van der Waals surface area contributed by atoms with E-state index in [1.165, 1.54) is 0 Å². The van der Waals surface area contributed by atoms with Gasteiger partial charge in [0.25, 0.3) is 0 Å². The molecule has 18 heavy (non-hydrogen) atoms. The lowest BCUT2D eigenvalue weighted by molar-refractivity contribution is 0.0692. The Labute approximate surface area is 106 Å². The Morgan fingerprint density at radius 1 is 1.33 bits per heavy atom. The number of carboxylic acid groups (broad SMARTS) is 1. The van der Waals surface area contributed by atoms with Crippen molar-refractivity contribution in [3.05, 3.63) is 42.0 Å². The number of carbonyl (C=O) groups is 1. The Kier molecular flexibility index (Phi) is 4.36. The van der Waals surface area contributed by atoms with Crippen molar-refractivity contribution >= 4 is 5.97 Å². The molecule has 1 aliphatic carbocycles. The average Bonchev–Trinajstić information content (AvgIpc) is 2.88. The monoisotopic (exact) mass is 247 g/mol. The standard InChI is InChI=1S/C14H17NO3/c16-14(17)12-7-3-4-8-13(12)18-10-9-15-11-5-1-2-6-11/h1-4,7-8,11,15H,5-6,9-10H2,(H,16,17). The molecule has 0 atom stereocenters. The first-order chi connectivity index (χ1) is 8.77. The molecule has 0 heterocycles. The Hall–Kier alpha value is -1.81. The summed E-state index contributed by atoms with van der Waals surface area (Å²) in [5.74, 6) is -0.533. The molecule has 0 spiro atoms. The topological polar surface area (TPSA) is 58.6 Å². The maximum Gasteiger partial charge on any atom is 0.339 e. The zero-order valence-electron chi connectivity index (χ0n) is 10.1. The first kappa shape index (κ1) is 12.6. The predicted molar refractivity (Wildman–Crippen MR) is 69.1 cm³/mol. The van der Waals surface area contributed by atoms with Crippen LogP contribution in [-0.4, -0.2) is 30.3 Å². The number of benzene rings is 1. The average molecular weight is 247 g/mol. The van der Waals surface area contributed by atoms with E-state index in [-0.39, 0.29) is 5.56 Å². The second kappa shape index (κ2) is 6.21. The highest BCUT2D eigenvalue weighted by atomic mass is 16.5. The molecule has 0 saturated carbocycles. The lowest BCUT2D eigenvalue weighted by atomic mass is 10.2. The second-order valence-electron chi connectivity index (χ2n) is 4.24. The molecule has 1 aromatic carbocycles. The fraction of sp³-hybridized carbons (Fsp3) is 0.357. The number of rotatable bonds is 6. The summed E-state index contributed by atoms with van der Waals surface area (Å²) >= 11 is 0. The van der Waals surface area contributed by atoms with E-state index in [0.717, 1.165) is 19.4 Å². The zero-order valence-corrected chi connectivity index (χ0v) is 10.1. The number of aromatic carboxylic acids is 1. The molecule has 0 fully saturated rings. The molecule has 4 heteroatoms. The smallest absolute Gasteiger partial charge is 0.339 e. The van der Waals surface area contributed by atoms with Crippen molar-refractivity contribution in [1.29, 1.82) is 0 Å². The minimum atomic E-state index is -0.960. The lowest BCUT2D eigenvalue weighted by Gasteiger charge is -2.13. The van der Waals surface area contributed by atoms with Crippen molar-refractivity contribution < 1.29 is 14.6 Å². The molecule has 2 N–H and O–H groups in total. The van der Waals surface area contributed by atoms with Crippen LogP contribution >= 0.6 is 0 Å². The van der Waals surface area contributed by atoms with Gasteiger partial charge >= 0.3 is 5.97 Å². The summed E-state index contributed by atoms with van der Waals surface area (Å²) < 4.78 is 5.49. The molecular formula is C14H17NO3. The maximum absolute atomic E-state index is 11.0. The molecule has 0 saturated heterocycles. The summed E-state index contributed by atoms with van der Waals surface area (Å²) in [6.45, 7) is 1.20. The summed E-state index contributed by atoms with van der Waals surface area (Å²) in [7, 11) is 0. The van der Waals surface area contributed by atoms with E-state index in [9.17, 15) is 4.79 Å². The van der Waals surface area contributed by atoms with Crippen LogP contribution in [0.25, 0.3) is 0 Å². The number of hydrogen-bond acceptors (Lipinski definition) is 3. The Balaban J connectivity index is 1.77. The van der Waals surface area contributed by atoms with Gasteiger partial charge in [0.2, 0.25) is 0 Å². The fourth-order valence-electron chi connectivity index (χ4n) is 1.98. The van der Waals surface area contributed by atoms with Crippen LogP contribution in [0, 0.1) is 0 Å². The largest absolute Gasteiger partial charge is 0.491 e. The molecule has 0 unspecified atom stereocenters. The minimum absolute atomic E-state index is 0.208. The van der Waals surface area contributed by atoms with Crippen LogP contribution in [0.3, 0.4) is 0 Å². The molecule has 1 aliphatic rings. The SMILES string of the molecule is O=C(O)c1ccccc1OCCNC1CC=CC1. The third-order valence-corrected chi connectivity index (χ3v) is 2.92. The van der Waals surface area contributed by atoms with Crippen LogP contribution in [0.4, 0.5) is 0 Å². The maximum atomic E-state index is 11.0. The van der Waals surface area contributed by atoms with Gasteiger partial charge in [-0.05, 0) is 25.0 Å². The van der Waals surface area contributed by atoms with Gasteiger partial charge in [0.05, 0.1) is 0 Å². The molecule has 2 rings (SSSR count). The predicted octanol–water partition coefficient (Wildman–Crippen LogP) is 2.07. The molecule has 0 radical (unpaired) electrons. The van der Waals surface area contributed by atoms with Crippen molar-refractivity contribution in [2.24, 2.45) is 0 Å². The number of nitrogens with one attached hydrogen (secondary N) is 1. The van der Waals surface area contributed by atoms with Crippen molar-refractivity contribution in [2.45, 2.75) is 18.9 Å². The van der Waals surface area contributed by atoms with E-state index in [0.29, 0.717) is 18.4 Å². The van der Waals surface area contributed by atoms with Gasteiger partial charge in [-0.3, -0.25) is 0 Å². The second-order valence-corrected chi connectivity index (χ2v) is 4.24. The van der Waals surface area contributed by atoms with Gasteiger partial charge in [-0.25, -0.2) is 4.79 Å². The minimum Gasteiger partial charge on any atom is -0.491 e. The van der Waals surface area contributed by atoms with Crippen molar-refractivity contribution in [2.75, 3.05) is 13.2 Å². The Bertz CT molecular complexity index is 434. The third-order valence-electron chi connectivity index (χ3n) is 2.92. The van der Waals surface area contributed by atoms with Crippen molar-refractivity contribution in [3.8, 4) is 5.75 Å². The highest BCUT2D eigenvalue weighted by Gasteiger charge is 2.11. The fourth-order valence-corrected chi connectivity index (χ4v) is 1.98. The van der Waals surface area contributed by atoms with Crippen LogP contribution in [0.5, 0.6) is 5.75 Å². The van der Waals surface area contributed by atoms with Gasteiger partial charge in [0, 0.05) is 12.6 Å². The van der Waals surface area contributed by atoms with Crippen LogP contribution < -0.4 is 10.1 Å². The summed E-state index contributed by atoms with van der Waals surface area (Å²) in [5.41, 5.74) is 0.208. The van der Waals surface area contributed by atoms with E-state index in [4.69, 9.17) is 9.84 Å². The Morgan fingerprint density at radius 2 is 2.06 bits per heavy atom. The van der Waals surface area contributed by atoms with Crippen LogP contribution in [0.15, 0.2) is 36.4 Å². The van der Waals surface area contributed by atoms with Gasteiger partial charge in [0.1, 0.15) is 17.9 Å². The van der Waals surface area contributed by atoms with E-state index in [1.807, 2.05) is 0 Å². The Morgan fingerprint density at radius 3 is 2.78 bits per heavy atom. The van der Waals surface area contributed by atoms with E-state index < -0.39 is 5.97 Å². The quantitative estimate of drug-likeness (QED) is 0.597. The van der Waals surface area contributed by atoms with E-state index in [2.05, 4.69) is 17.5 Å². The zero-order chi connectivity index (χ0) is 12.8. The molecule has 0 amide bonds. The molecule has 0 bridgehead atoms. The van der Waals surface area contributed by atoms with E-state index in [1.54, 1.807) is 24.3 Å². The van der Waals surface area contributed by atoms with Crippen LogP contribution in [0.1, 0.15) is 23.2 Å². The summed E-state index contributed by atoms with van der Waals surface area (Å²) in [4.78, 5) is 11.0. The highest BCUT2D eigenvalue weighted by molar-refractivity contribution is 5.90. The molecule has 0 aliphatic heterocycles. The first-order valence-electron chi connectivity index (χ1n) is 6.11. The number of ether oxygens (including phenoxy) is 1. The van der Waals surface area contributed by atoms with Gasteiger partial charge in [-0.1, -0.05) is 24.3 Å². The van der Waals surface area contributed by atoms with Crippen molar-refractivity contribution in [1.82, 2.24) is 5.32 Å². The van der Waals surface area contributed by atoms with E-state index >= 15 is 0 Å². The normalized spacial score (nSPS) is 14.9. The molecular weight excluding hydrogens is 230 g/mol. The van der Waals surface area contributed by atoms with Gasteiger partial charge in [0.15, 0.2) is 0 Å². The lowest BCUT2D eigenvalue weighted by Crippen LogP contribution is -2.30. The third kappa shape index (κ3) is 3.34. The number of para-hydroxylation sites is 1. The highest BCUT2D eigenvalue weighted by Crippen LogP contribution is 2.17. The summed E-state index contributed by atoms with van der Waals surface area (Å²) in [6.07, 6.45) is 6.45. The van der Waals surface area contributed by atoms with Gasteiger partial charge in [-0.2, -0.15) is 0 Å². The number of carboxylic acids is 1. The van der Waals surface area contributed by atoms with Crippen molar-refractivity contribution in [3.63, 3.8) is 0 Å². The molecule has 0 aromatic heterocycles. The molecule has 96 valence electrons. The first-order valence-corrected chi connectivity index (χ1v) is 6.11.